The Labute approximate surface area is 59.7 Å². The lowest BCUT2D eigenvalue weighted by Crippen LogP contribution is -2.38. The van der Waals surface area contributed by atoms with E-state index in [0.717, 1.165) is 0 Å². The van der Waals surface area contributed by atoms with Crippen molar-refractivity contribution in [3.05, 3.63) is 0 Å². The molecule has 62 valence electrons. The smallest absolute Gasteiger partial charge is 0.108 e. The summed E-state index contributed by atoms with van der Waals surface area (Å²) < 4.78 is 0. The fraction of sp³-hybridized carbons (Fsp3) is 1.00. The van der Waals surface area contributed by atoms with Crippen LogP contribution in [-0.4, -0.2) is 45.3 Å². The first-order chi connectivity index (χ1) is 4.63. The minimum absolute atomic E-state index is 0.359. The highest BCUT2D eigenvalue weighted by molar-refractivity contribution is 4.72. The molecule has 0 aromatic heterocycles. The molecule has 0 heterocycles. The van der Waals surface area contributed by atoms with Crippen molar-refractivity contribution in [1.29, 1.82) is 0 Å². The fourth-order valence-electron chi connectivity index (χ4n) is 0.606. The number of aliphatic hydroxyl groups excluding tert-OH is 4. The molecule has 0 radical (unpaired) electrons. The van der Waals surface area contributed by atoms with Gasteiger partial charge in [0.25, 0.3) is 0 Å². The van der Waals surface area contributed by atoms with Crippen molar-refractivity contribution in [1.82, 2.24) is 0 Å². The maximum absolute atomic E-state index is 8.93. The predicted molar refractivity (Wildman–Crippen MR) is 35.4 cm³/mol. The first-order valence-corrected chi connectivity index (χ1v) is 3.28. The van der Waals surface area contributed by atoms with Crippen LogP contribution in [-0.2, 0) is 0 Å². The molecule has 1 unspecified atom stereocenters. The van der Waals surface area contributed by atoms with Crippen LogP contribution < -0.4 is 0 Å². The summed E-state index contributed by atoms with van der Waals surface area (Å²) in [5.41, 5.74) is 0. The van der Waals surface area contributed by atoms with Gasteiger partial charge in [-0.15, -0.1) is 0 Å². The van der Waals surface area contributed by atoms with Crippen LogP contribution in [0.25, 0.3) is 0 Å². The zero-order chi connectivity index (χ0) is 8.15. The zero-order valence-corrected chi connectivity index (χ0v) is 5.94. The van der Waals surface area contributed by atoms with Gasteiger partial charge in [0.15, 0.2) is 0 Å². The van der Waals surface area contributed by atoms with Crippen molar-refractivity contribution in [2.45, 2.75) is 31.7 Å². The average Bonchev–Trinajstić information content (AvgIpc) is 2.00. The van der Waals surface area contributed by atoms with Crippen LogP contribution in [0.15, 0.2) is 0 Å². The Bertz CT molecular complexity index is 75.8. The van der Waals surface area contributed by atoms with Gasteiger partial charge in [-0.3, -0.25) is 0 Å². The second-order valence-corrected chi connectivity index (χ2v) is 2.22. The maximum atomic E-state index is 8.93. The Morgan fingerprint density at radius 1 is 1.10 bits per heavy atom. The van der Waals surface area contributed by atoms with E-state index in [-0.39, 0.29) is 0 Å². The lowest BCUT2D eigenvalue weighted by molar-refractivity contribution is -0.0767. The van der Waals surface area contributed by atoms with Crippen LogP contribution in [0.3, 0.4) is 0 Å². The molecule has 0 aliphatic carbocycles. The fourth-order valence-corrected chi connectivity index (χ4v) is 0.606. The monoisotopic (exact) mass is 150 g/mol. The summed E-state index contributed by atoms with van der Waals surface area (Å²) in [7, 11) is 0. The van der Waals surface area contributed by atoms with E-state index in [9.17, 15) is 0 Å². The summed E-state index contributed by atoms with van der Waals surface area (Å²) >= 11 is 0. The van der Waals surface area contributed by atoms with Crippen LogP contribution in [0.5, 0.6) is 0 Å². The lowest BCUT2D eigenvalue weighted by atomic mass is 10.1. The van der Waals surface area contributed by atoms with E-state index in [1.165, 1.54) is 0 Å². The summed E-state index contributed by atoms with van der Waals surface area (Å²) in [6.07, 6.45) is -3.08. The molecule has 0 amide bonds. The molecule has 0 aromatic rings. The summed E-state index contributed by atoms with van der Waals surface area (Å²) in [5, 5.41) is 34.9. The minimum Gasteiger partial charge on any atom is -0.394 e. The second-order valence-electron chi connectivity index (χ2n) is 2.22. The van der Waals surface area contributed by atoms with Gasteiger partial charge < -0.3 is 20.4 Å². The summed E-state index contributed by atoms with van der Waals surface area (Å²) in [5.74, 6) is 0. The first kappa shape index (κ1) is 9.84. The minimum atomic E-state index is -1.24. The summed E-state index contributed by atoms with van der Waals surface area (Å²) in [6.45, 7) is 1.15. The Balaban J connectivity index is 3.69. The van der Waals surface area contributed by atoms with Gasteiger partial charge in [-0.2, -0.15) is 0 Å². The molecule has 0 aromatic carbocycles. The van der Waals surface area contributed by atoms with E-state index in [0.29, 0.717) is 6.42 Å². The maximum Gasteiger partial charge on any atom is 0.108 e. The van der Waals surface area contributed by atoms with Crippen molar-refractivity contribution in [3.63, 3.8) is 0 Å². The topological polar surface area (TPSA) is 80.9 Å². The van der Waals surface area contributed by atoms with Crippen LogP contribution >= 0.6 is 0 Å². The third-order valence-corrected chi connectivity index (χ3v) is 1.39. The molecule has 10 heavy (non-hydrogen) atoms. The highest BCUT2D eigenvalue weighted by atomic mass is 16.4. The van der Waals surface area contributed by atoms with Gasteiger partial charge in [0.1, 0.15) is 12.2 Å². The molecule has 0 rings (SSSR count). The molecular formula is C6H14O4. The van der Waals surface area contributed by atoms with Gasteiger partial charge in [-0.05, 0) is 6.42 Å². The quantitative estimate of drug-likeness (QED) is 0.392. The highest BCUT2D eigenvalue weighted by Crippen LogP contribution is 2.02. The molecule has 4 nitrogen and oxygen atoms in total. The van der Waals surface area contributed by atoms with E-state index in [2.05, 4.69) is 0 Å². The van der Waals surface area contributed by atoms with E-state index in [1.807, 2.05) is 0 Å². The molecule has 4 N–H and O–H groups in total. The highest BCUT2D eigenvalue weighted by Gasteiger charge is 2.21. The van der Waals surface area contributed by atoms with Gasteiger partial charge in [-0.1, -0.05) is 6.92 Å². The molecule has 0 aliphatic rings. The van der Waals surface area contributed by atoms with Crippen LogP contribution in [0.2, 0.25) is 0 Å². The van der Waals surface area contributed by atoms with Crippen LogP contribution in [0, 0.1) is 0 Å². The molecule has 0 bridgehead atoms. The Morgan fingerprint density at radius 3 is 1.90 bits per heavy atom. The third-order valence-electron chi connectivity index (χ3n) is 1.39. The molecular weight excluding hydrogens is 136 g/mol. The molecule has 0 saturated carbocycles. The molecule has 0 aliphatic heterocycles. The number of aliphatic hydroxyl groups is 4. The number of hydrogen-bond acceptors (Lipinski definition) is 4. The Kier molecular flexibility index (Phi) is 4.55. The van der Waals surface area contributed by atoms with Crippen molar-refractivity contribution >= 4 is 0 Å². The van der Waals surface area contributed by atoms with E-state index >= 15 is 0 Å². The average molecular weight is 150 g/mol. The Morgan fingerprint density at radius 2 is 1.60 bits per heavy atom. The van der Waals surface area contributed by atoms with Crippen LogP contribution in [0.4, 0.5) is 0 Å². The predicted octanol–water partition coefficient (Wildman–Crippen LogP) is -1.53. The SMILES string of the molecule is CCC(O)[C@H](O)[C@H](O)CO. The van der Waals surface area contributed by atoms with Crippen molar-refractivity contribution < 1.29 is 20.4 Å². The van der Waals surface area contributed by atoms with Gasteiger partial charge in [0, 0.05) is 0 Å². The van der Waals surface area contributed by atoms with Gasteiger partial charge in [0.2, 0.25) is 0 Å². The van der Waals surface area contributed by atoms with E-state index in [1.54, 1.807) is 6.92 Å². The second kappa shape index (κ2) is 4.62. The largest absolute Gasteiger partial charge is 0.394 e. The van der Waals surface area contributed by atoms with E-state index in [4.69, 9.17) is 20.4 Å². The summed E-state index contributed by atoms with van der Waals surface area (Å²) in [6, 6.07) is 0. The molecule has 3 atom stereocenters. The van der Waals surface area contributed by atoms with Gasteiger partial charge in [-0.25, -0.2) is 0 Å². The molecule has 4 heteroatoms. The molecule has 0 spiro atoms. The lowest BCUT2D eigenvalue weighted by Gasteiger charge is -2.19. The van der Waals surface area contributed by atoms with Crippen molar-refractivity contribution in [2.75, 3.05) is 6.61 Å². The first-order valence-electron chi connectivity index (χ1n) is 3.28. The number of hydrogen-bond donors (Lipinski definition) is 4. The van der Waals surface area contributed by atoms with Gasteiger partial charge in [0.05, 0.1) is 12.7 Å². The standard InChI is InChI=1S/C6H14O4/c1-2-4(8)6(10)5(9)3-7/h4-10H,2-3H2,1H3/t4?,5-,6+/m1/s1. The third kappa shape index (κ3) is 2.62. The normalized spacial score (nSPS) is 20.1. The zero-order valence-electron chi connectivity index (χ0n) is 5.94. The number of rotatable bonds is 4. The summed E-state index contributed by atoms with van der Waals surface area (Å²) in [4.78, 5) is 0. The molecule has 0 saturated heterocycles. The van der Waals surface area contributed by atoms with Gasteiger partial charge >= 0.3 is 0 Å². The molecule has 0 fully saturated rings. The van der Waals surface area contributed by atoms with Crippen LogP contribution in [0.1, 0.15) is 13.3 Å². The van der Waals surface area contributed by atoms with Crippen molar-refractivity contribution in [3.8, 4) is 0 Å². The Hall–Kier alpha value is -0.160. The van der Waals surface area contributed by atoms with E-state index < -0.39 is 24.9 Å². The van der Waals surface area contributed by atoms with Crippen molar-refractivity contribution in [2.24, 2.45) is 0 Å².